The lowest BCUT2D eigenvalue weighted by atomic mass is 9.93. The van der Waals surface area contributed by atoms with E-state index in [0.29, 0.717) is 24.7 Å². The van der Waals surface area contributed by atoms with Crippen molar-refractivity contribution in [2.24, 2.45) is 7.05 Å². The van der Waals surface area contributed by atoms with Crippen molar-refractivity contribution in [3.8, 4) is 11.4 Å². The molecule has 1 aliphatic carbocycles. The monoisotopic (exact) mass is 398 g/mol. The standard InChI is InChI=1S/C20H26N6O3/c1-4-29-19(28)17-15-6-5-13-11-21-20(23-16(13)18(15)25(3)24-17)22-14-7-9-26(10-8-14)12(2)27/h11,14H,4-10H2,1-3H3,(H,21,22,23). The van der Waals surface area contributed by atoms with Gasteiger partial charge >= 0.3 is 5.97 Å². The van der Waals surface area contributed by atoms with Gasteiger partial charge in [-0.05, 0) is 38.2 Å². The van der Waals surface area contributed by atoms with Crippen LogP contribution in [-0.4, -0.2) is 62.3 Å². The number of rotatable bonds is 4. The summed E-state index contributed by atoms with van der Waals surface area (Å²) in [6.07, 6.45) is 5.06. The number of likely N-dealkylation sites (tertiary alicyclic amines) is 1. The van der Waals surface area contributed by atoms with Crippen LogP contribution in [-0.2, 0) is 29.4 Å². The van der Waals surface area contributed by atoms with Gasteiger partial charge in [0.15, 0.2) is 5.69 Å². The molecule has 2 aliphatic rings. The second kappa shape index (κ2) is 7.81. The largest absolute Gasteiger partial charge is 0.461 e. The van der Waals surface area contributed by atoms with Crippen LogP contribution in [0.4, 0.5) is 5.95 Å². The third-order valence-corrected chi connectivity index (χ3v) is 5.62. The number of fused-ring (bicyclic) bond motifs is 3. The summed E-state index contributed by atoms with van der Waals surface area (Å²) in [6, 6.07) is 0.230. The lowest BCUT2D eigenvalue weighted by Crippen LogP contribution is -2.41. The summed E-state index contributed by atoms with van der Waals surface area (Å²) in [5, 5.41) is 7.81. The maximum atomic E-state index is 12.3. The number of carbonyl (C=O) groups is 2. The van der Waals surface area contributed by atoms with E-state index >= 15 is 0 Å². The Kier molecular flexibility index (Phi) is 5.21. The summed E-state index contributed by atoms with van der Waals surface area (Å²) in [4.78, 5) is 34.9. The molecule has 0 radical (unpaired) electrons. The SMILES string of the molecule is CCOC(=O)c1nn(C)c2c1CCc1cnc(NC3CCN(C(C)=O)CC3)nc1-2. The Hall–Kier alpha value is -2.97. The highest BCUT2D eigenvalue weighted by molar-refractivity contribution is 5.91. The number of esters is 1. The van der Waals surface area contributed by atoms with Crippen LogP contribution in [0, 0.1) is 0 Å². The lowest BCUT2D eigenvalue weighted by Gasteiger charge is -2.31. The Morgan fingerprint density at radius 3 is 2.72 bits per heavy atom. The highest BCUT2D eigenvalue weighted by Crippen LogP contribution is 2.34. The molecule has 0 aromatic carbocycles. The zero-order valence-electron chi connectivity index (χ0n) is 17.1. The number of amides is 1. The van der Waals surface area contributed by atoms with E-state index in [1.807, 2.05) is 18.1 Å². The topological polar surface area (TPSA) is 102 Å². The van der Waals surface area contributed by atoms with Gasteiger partial charge in [-0.25, -0.2) is 14.8 Å². The number of nitrogens with zero attached hydrogens (tertiary/aromatic N) is 5. The van der Waals surface area contributed by atoms with E-state index in [4.69, 9.17) is 9.72 Å². The molecule has 1 aliphatic heterocycles. The summed E-state index contributed by atoms with van der Waals surface area (Å²) in [5.41, 5.74) is 3.98. The van der Waals surface area contributed by atoms with E-state index in [-0.39, 0.29) is 11.9 Å². The van der Waals surface area contributed by atoms with Gasteiger partial charge in [0.1, 0.15) is 0 Å². The molecule has 1 N–H and O–H groups in total. The molecule has 1 amide bonds. The normalized spacial score (nSPS) is 16.2. The molecule has 3 heterocycles. The van der Waals surface area contributed by atoms with E-state index in [9.17, 15) is 9.59 Å². The van der Waals surface area contributed by atoms with Gasteiger partial charge in [-0.15, -0.1) is 0 Å². The van der Waals surface area contributed by atoms with Crippen LogP contribution in [0.1, 0.15) is 48.3 Å². The molecule has 4 rings (SSSR count). The van der Waals surface area contributed by atoms with E-state index in [1.165, 1.54) is 0 Å². The average molecular weight is 398 g/mol. The molecule has 2 aromatic heterocycles. The van der Waals surface area contributed by atoms with Crippen molar-refractivity contribution in [3.05, 3.63) is 23.0 Å². The van der Waals surface area contributed by atoms with Crippen LogP contribution in [0.2, 0.25) is 0 Å². The number of nitrogens with one attached hydrogen (secondary N) is 1. The Morgan fingerprint density at radius 1 is 1.28 bits per heavy atom. The highest BCUT2D eigenvalue weighted by atomic mass is 16.5. The molecule has 9 nitrogen and oxygen atoms in total. The quantitative estimate of drug-likeness (QED) is 0.780. The number of anilines is 1. The predicted molar refractivity (Wildman–Crippen MR) is 106 cm³/mol. The molecule has 0 unspecified atom stereocenters. The third kappa shape index (κ3) is 3.68. The molecule has 154 valence electrons. The van der Waals surface area contributed by atoms with Gasteiger partial charge in [0, 0.05) is 44.9 Å². The maximum absolute atomic E-state index is 12.3. The molecule has 0 atom stereocenters. The van der Waals surface area contributed by atoms with Crippen molar-refractivity contribution in [2.45, 2.75) is 45.6 Å². The predicted octanol–water partition coefficient (Wildman–Crippen LogP) is 1.58. The zero-order chi connectivity index (χ0) is 20.5. The van der Waals surface area contributed by atoms with Crippen molar-refractivity contribution in [3.63, 3.8) is 0 Å². The smallest absolute Gasteiger partial charge is 0.359 e. The fraction of sp³-hybridized carbons (Fsp3) is 0.550. The van der Waals surface area contributed by atoms with Crippen molar-refractivity contribution in [1.29, 1.82) is 0 Å². The first kappa shape index (κ1) is 19.4. The molecular weight excluding hydrogens is 372 g/mol. The van der Waals surface area contributed by atoms with Gasteiger partial charge in [0.2, 0.25) is 11.9 Å². The average Bonchev–Trinajstić information content (AvgIpc) is 3.06. The van der Waals surface area contributed by atoms with Crippen molar-refractivity contribution in [2.75, 3.05) is 25.0 Å². The maximum Gasteiger partial charge on any atom is 0.359 e. The number of ether oxygens (including phenoxy) is 1. The molecule has 2 aromatic rings. The summed E-state index contributed by atoms with van der Waals surface area (Å²) >= 11 is 0. The zero-order valence-corrected chi connectivity index (χ0v) is 17.1. The van der Waals surface area contributed by atoms with E-state index in [2.05, 4.69) is 15.4 Å². The first-order valence-corrected chi connectivity index (χ1v) is 10.1. The Balaban J connectivity index is 1.57. The fourth-order valence-electron chi connectivity index (χ4n) is 4.11. The molecule has 9 heteroatoms. The van der Waals surface area contributed by atoms with Gasteiger partial charge in [-0.1, -0.05) is 0 Å². The van der Waals surface area contributed by atoms with Crippen LogP contribution in [0.15, 0.2) is 6.20 Å². The number of hydrogen-bond acceptors (Lipinski definition) is 7. The molecule has 29 heavy (non-hydrogen) atoms. The van der Waals surface area contributed by atoms with Gasteiger partial charge in [0.25, 0.3) is 0 Å². The van der Waals surface area contributed by atoms with Gasteiger partial charge in [-0.2, -0.15) is 5.10 Å². The van der Waals surface area contributed by atoms with Crippen molar-refractivity contribution < 1.29 is 14.3 Å². The van der Waals surface area contributed by atoms with Crippen LogP contribution < -0.4 is 5.32 Å². The number of aryl methyl sites for hydroxylation is 2. The lowest BCUT2D eigenvalue weighted by molar-refractivity contribution is -0.129. The van der Waals surface area contributed by atoms with Crippen LogP contribution in [0.25, 0.3) is 11.4 Å². The van der Waals surface area contributed by atoms with Crippen LogP contribution in [0.5, 0.6) is 0 Å². The number of carbonyl (C=O) groups excluding carboxylic acids is 2. The Morgan fingerprint density at radius 2 is 2.03 bits per heavy atom. The molecule has 0 saturated carbocycles. The summed E-state index contributed by atoms with van der Waals surface area (Å²) < 4.78 is 6.87. The highest BCUT2D eigenvalue weighted by Gasteiger charge is 2.30. The third-order valence-electron chi connectivity index (χ3n) is 5.62. The fourth-order valence-corrected chi connectivity index (χ4v) is 4.11. The second-order valence-electron chi connectivity index (χ2n) is 7.51. The minimum absolute atomic E-state index is 0.120. The van der Waals surface area contributed by atoms with E-state index < -0.39 is 5.97 Å². The summed E-state index contributed by atoms with van der Waals surface area (Å²) in [5.74, 6) is 0.295. The first-order valence-electron chi connectivity index (χ1n) is 10.1. The Bertz CT molecular complexity index is 946. The molecular formula is C20H26N6O3. The first-order chi connectivity index (χ1) is 14.0. The number of hydrogen-bond donors (Lipinski definition) is 1. The molecule has 1 saturated heterocycles. The van der Waals surface area contributed by atoms with Crippen LogP contribution in [0.3, 0.4) is 0 Å². The second-order valence-corrected chi connectivity index (χ2v) is 7.51. The Labute approximate surface area is 169 Å². The minimum atomic E-state index is -0.391. The van der Waals surface area contributed by atoms with Gasteiger partial charge < -0.3 is 15.0 Å². The van der Waals surface area contributed by atoms with E-state index in [0.717, 1.165) is 54.9 Å². The van der Waals surface area contributed by atoms with E-state index in [1.54, 1.807) is 18.5 Å². The summed E-state index contributed by atoms with van der Waals surface area (Å²) in [6.45, 7) is 5.20. The molecule has 0 spiro atoms. The minimum Gasteiger partial charge on any atom is -0.461 e. The van der Waals surface area contributed by atoms with Gasteiger partial charge in [-0.3, -0.25) is 9.48 Å². The number of piperidine rings is 1. The number of aromatic nitrogens is 4. The molecule has 1 fully saturated rings. The van der Waals surface area contributed by atoms with Crippen molar-refractivity contribution >= 4 is 17.8 Å². The summed E-state index contributed by atoms with van der Waals surface area (Å²) in [7, 11) is 1.82. The van der Waals surface area contributed by atoms with Gasteiger partial charge in [0.05, 0.1) is 18.0 Å². The van der Waals surface area contributed by atoms with Crippen LogP contribution >= 0.6 is 0 Å². The van der Waals surface area contributed by atoms with Crippen molar-refractivity contribution in [1.82, 2.24) is 24.6 Å². The molecule has 0 bridgehead atoms.